The third kappa shape index (κ3) is 7.12. The SMILES string of the molecule is CC(=N)OC1OC(C(c2ccccc2)N(Cc2ccccc2)C(=O)OCc2ccccc2)CCC1N=[N+]=[N-]. The first-order valence-corrected chi connectivity index (χ1v) is 12.5. The second kappa shape index (κ2) is 13.3. The Hall–Kier alpha value is -4.33. The molecule has 4 rings (SSSR count). The van der Waals surface area contributed by atoms with E-state index in [1.54, 1.807) is 4.90 Å². The Kier molecular flexibility index (Phi) is 9.34. The van der Waals surface area contributed by atoms with Crippen LogP contribution in [0.2, 0.25) is 0 Å². The van der Waals surface area contributed by atoms with E-state index < -0.39 is 30.6 Å². The number of hydrogen-bond donors (Lipinski definition) is 1. The first-order valence-electron chi connectivity index (χ1n) is 12.5. The van der Waals surface area contributed by atoms with Gasteiger partial charge in [0, 0.05) is 18.4 Å². The van der Waals surface area contributed by atoms with E-state index in [1.165, 1.54) is 6.92 Å². The van der Waals surface area contributed by atoms with Crippen molar-refractivity contribution < 1.29 is 19.0 Å². The highest BCUT2D eigenvalue weighted by atomic mass is 16.7. The van der Waals surface area contributed by atoms with Crippen LogP contribution in [0.1, 0.15) is 42.5 Å². The molecule has 3 aromatic rings. The third-order valence-corrected chi connectivity index (χ3v) is 6.33. The van der Waals surface area contributed by atoms with Crippen LogP contribution in [0.25, 0.3) is 10.4 Å². The molecule has 0 aliphatic carbocycles. The van der Waals surface area contributed by atoms with Gasteiger partial charge in [0.15, 0.2) is 5.90 Å². The number of amides is 1. The Labute approximate surface area is 222 Å². The monoisotopic (exact) mass is 513 g/mol. The summed E-state index contributed by atoms with van der Waals surface area (Å²) < 4.78 is 17.7. The lowest BCUT2D eigenvalue weighted by molar-refractivity contribution is -0.182. The first-order chi connectivity index (χ1) is 18.5. The van der Waals surface area contributed by atoms with Gasteiger partial charge >= 0.3 is 6.09 Å². The fourth-order valence-corrected chi connectivity index (χ4v) is 4.60. The highest BCUT2D eigenvalue weighted by Gasteiger charge is 2.41. The number of carbonyl (C=O) groups is 1. The number of nitrogens with one attached hydrogen (secondary N) is 1. The lowest BCUT2D eigenvalue weighted by atomic mass is 9.92. The molecular weight excluding hydrogens is 482 g/mol. The predicted molar refractivity (Wildman–Crippen MR) is 143 cm³/mol. The molecule has 4 unspecified atom stereocenters. The molecule has 0 saturated carbocycles. The summed E-state index contributed by atoms with van der Waals surface area (Å²) in [5.41, 5.74) is 11.7. The molecule has 4 atom stereocenters. The number of hydrogen-bond acceptors (Lipinski definition) is 6. The standard InChI is InChI=1S/C29H31N5O4/c1-21(30)37-28-25(32-33-31)17-18-26(38-28)27(24-15-9-4-10-16-24)34(19-22-11-5-2-6-12-22)29(35)36-20-23-13-7-3-8-14-23/h2-16,25-28,30H,17-20H2,1H3. The number of rotatable bonds is 9. The van der Waals surface area contributed by atoms with Crippen molar-refractivity contribution in [2.24, 2.45) is 5.11 Å². The van der Waals surface area contributed by atoms with Crippen molar-refractivity contribution in [1.82, 2.24) is 4.90 Å². The van der Waals surface area contributed by atoms with Crippen LogP contribution in [0.4, 0.5) is 4.79 Å². The smallest absolute Gasteiger partial charge is 0.411 e. The molecule has 9 nitrogen and oxygen atoms in total. The normalized spacial score (nSPS) is 19.4. The largest absolute Gasteiger partial charge is 0.452 e. The molecule has 1 aliphatic rings. The third-order valence-electron chi connectivity index (χ3n) is 6.33. The maximum absolute atomic E-state index is 13.7. The molecule has 1 fully saturated rings. The minimum absolute atomic E-state index is 0.0477. The molecule has 1 N–H and O–H groups in total. The maximum atomic E-state index is 13.7. The molecule has 0 aromatic heterocycles. The van der Waals surface area contributed by atoms with Crippen molar-refractivity contribution in [3.05, 3.63) is 118 Å². The Morgan fingerprint density at radius 1 is 1.03 bits per heavy atom. The van der Waals surface area contributed by atoms with Crippen molar-refractivity contribution in [2.45, 2.75) is 57.4 Å². The van der Waals surface area contributed by atoms with Crippen LogP contribution in [0.3, 0.4) is 0 Å². The van der Waals surface area contributed by atoms with Gasteiger partial charge in [-0.05, 0) is 35.1 Å². The van der Waals surface area contributed by atoms with E-state index in [0.717, 1.165) is 16.7 Å². The zero-order valence-corrected chi connectivity index (χ0v) is 21.2. The van der Waals surface area contributed by atoms with Crippen LogP contribution in [0.5, 0.6) is 0 Å². The molecule has 9 heteroatoms. The maximum Gasteiger partial charge on any atom is 0.411 e. The van der Waals surface area contributed by atoms with Crippen LogP contribution in [-0.4, -0.2) is 35.3 Å². The van der Waals surface area contributed by atoms with Crippen LogP contribution < -0.4 is 0 Å². The lowest BCUT2D eigenvalue weighted by Gasteiger charge is -2.42. The van der Waals surface area contributed by atoms with Gasteiger partial charge in [-0.1, -0.05) is 96.1 Å². The van der Waals surface area contributed by atoms with Gasteiger partial charge in [0.05, 0.1) is 18.2 Å². The lowest BCUT2D eigenvalue weighted by Crippen LogP contribution is -2.48. The summed E-state index contributed by atoms with van der Waals surface area (Å²) in [6, 6.07) is 27.8. The highest BCUT2D eigenvalue weighted by molar-refractivity contribution is 5.69. The Bertz CT molecular complexity index is 1240. The number of azide groups is 1. The number of nitrogens with zero attached hydrogens (tertiary/aromatic N) is 4. The molecule has 196 valence electrons. The minimum atomic E-state index is -0.938. The van der Waals surface area contributed by atoms with Crippen molar-refractivity contribution in [3.8, 4) is 0 Å². The van der Waals surface area contributed by atoms with Crippen LogP contribution >= 0.6 is 0 Å². The van der Waals surface area contributed by atoms with Gasteiger partial charge < -0.3 is 14.2 Å². The van der Waals surface area contributed by atoms with E-state index in [2.05, 4.69) is 10.0 Å². The van der Waals surface area contributed by atoms with E-state index in [4.69, 9.17) is 25.2 Å². The molecular formula is C29H31N5O4. The van der Waals surface area contributed by atoms with Crippen molar-refractivity contribution >= 4 is 12.0 Å². The quantitative estimate of drug-likeness (QED) is 0.112. The summed E-state index contributed by atoms with van der Waals surface area (Å²) in [6.45, 7) is 1.93. The average molecular weight is 514 g/mol. The van der Waals surface area contributed by atoms with Crippen molar-refractivity contribution in [1.29, 1.82) is 5.41 Å². The molecule has 0 spiro atoms. The molecule has 1 amide bonds. The minimum Gasteiger partial charge on any atom is -0.452 e. The van der Waals surface area contributed by atoms with Gasteiger partial charge in [0.25, 0.3) is 0 Å². The fraction of sp³-hybridized carbons (Fsp3) is 0.310. The van der Waals surface area contributed by atoms with Gasteiger partial charge in [-0.25, -0.2) is 4.79 Å². The van der Waals surface area contributed by atoms with E-state index in [9.17, 15) is 4.79 Å². The highest BCUT2D eigenvalue weighted by Crippen LogP contribution is 2.36. The molecule has 1 saturated heterocycles. The Morgan fingerprint density at radius 3 is 2.24 bits per heavy atom. The summed E-state index contributed by atoms with van der Waals surface area (Å²) in [4.78, 5) is 18.3. The number of benzene rings is 3. The summed E-state index contributed by atoms with van der Waals surface area (Å²) in [7, 11) is 0. The summed E-state index contributed by atoms with van der Waals surface area (Å²) in [5, 5.41) is 11.6. The van der Waals surface area contributed by atoms with E-state index in [-0.39, 0.29) is 12.5 Å². The zero-order valence-electron chi connectivity index (χ0n) is 21.2. The fourth-order valence-electron chi connectivity index (χ4n) is 4.60. The van der Waals surface area contributed by atoms with Gasteiger partial charge in [0.2, 0.25) is 6.29 Å². The van der Waals surface area contributed by atoms with Gasteiger partial charge in [-0.15, -0.1) is 0 Å². The number of carbonyl (C=O) groups excluding carboxylic acids is 1. The van der Waals surface area contributed by atoms with Crippen LogP contribution in [-0.2, 0) is 27.4 Å². The summed E-state index contributed by atoms with van der Waals surface area (Å²) in [5.74, 6) is -0.0477. The molecule has 38 heavy (non-hydrogen) atoms. The molecule has 0 radical (unpaired) electrons. The van der Waals surface area contributed by atoms with Crippen molar-refractivity contribution in [2.75, 3.05) is 0 Å². The molecule has 1 heterocycles. The van der Waals surface area contributed by atoms with E-state index >= 15 is 0 Å². The van der Waals surface area contributed by atoms with E-state index in [1.807, 2.05) is 91.0 Å². The van der Waals surface area contributed by atoms with E-state index in [0.29, 0.717) is 19.4 Å². The number of ether oxygens (including phenoxy) is 3. The molecule has 1 aliphatic heterocycles. The van der Waals surface area contributed by atoms with Crippen LogP contribution in [0.15, 0.2) is 96.1 Å². The summed E-state index contributed by atoms with van der Waals surface area (Å²) >= 11 is 0. The molecule has 3 aromatic carbocycles. The van der Waals surface area contributed by atoms with Gasteiger partial charge in [-0.2, -0.15) is 0 Å². The predicted octanol–water partition coefficient (Wildman–Crippen LogP) is 6.76. The molecule has 0 bridgehead atoms. The first kappa shape index (κ1) is 26.7. The Balaban J connectivity index is 1.68. The van der Waals surface area contributed by atoms with Gasteiger partial charge in [0.1, 0.15) is 6.61 Å². The average Bonchev–Trinajstić information content (AvgIpc) is 2.94. The second-order valence-electron chi connectivity index (χ2n) is 9.08. The summed E-state index contributed by atoms with van der Waals surface area (Å²) in [6.07, 6.45) is -0.925. The second-order valence-corrected chi connectivity index (χ2v) is 9.08. The van der Waals surface area contributed by atoms with Gasteiger partial charge in [-0.3, -0.25) is 10.3 Å². The topological polar surface area (TPSA) is 121 Å². The zero-order chi connectivity index (χ0) is 26.7. The Morgan fingerprint density at radius 2 is 1.63 bits per heavy atom. The van der Waals surface area contributed by atoms with Crippen LogP contribution in [0, 0.1) is 5.41 Å². The van der Waals surface area contributed by atoms with Crippen molar-refractivity contribution in [3.63, 3.8) is 0 Å².